The van der Waals surface area contributed by atoms with Crippen LogP contribution in [0.4, 0.5) is 0 Å². The van der Waals surface area contributed by atoms with E-state index in [0.29, 0.717) is 0 Å². The summed E-state index contributed by atoms with van der Waals surface area (Å²) in [7, 11) is 1.99. The minimum Gasteiger partial charge on any atom is -0.481 e. The van der Waals surface area contributed by atoms with Gasteiger partial charge in [-0.2, -0.15) is 0 Å². The summed E-state index contributed by atoms with van der Waals surface area (Å²) in [5, 5.41) is 3.21. The van der Waals surface area contributed by atoms with Crippen molar-refractivity contribution in [3.63, 3.8) is 0 Å². The molecule has 2 rings (SSSR count). The molecule has 1 saturated heterocycles. The third-order valence-electron chi connectivity index (χ3n) is 5.09. The lowest BCUT2D eigenvalue weighted by molar-refractivity contribution is -0.139. The topological polar surface area (TPSA) is 41.6 Å². The van der Waals surface area contributed by atoms with Crippen molar-refractivity contribution in [3.8, 4) is 5.75 Å². The first-order valence-corrected chi connectivity index (χ1v) is 9.52. The predicted molar refractivity (Wildman–Crippen MR) is 110 cm³/mol. The molecule has 0 radical (unpaired) electrons. The van der Waals surface area contributed by atoms with Crippen molar-refractivity contribution in [2.75, 3.05) is 26.7 Å². The van der Waals surface area contributed by atoms with Crippen LogP contribution in [0.25, 0.3) is 0 Å². The Morgan fingerprint density at radius 3 is 2.54 bits per heavy atom. The van der Waals surface area contributed by atoms with Gasteiger partial charge in [0, 0.05) is 13.1 Å². The first kappa shape index (κ1) is 22.8. The molecule has 1 N–H and O–H groups in total. The molecular weight excluding hydrogens is 348 g/mol. The van der Waals surface area contributed by atoms with E-state index in [-0.39, 0.29) is 23.7 Å². The van der Waals surface area contributed by atoms with Gasteiger partial charge in [0.2, 0.25) is 0 Å². The molecule has 1 atom stereocenters. The summed E-state index contributed by atoms with van der Waals surface area (Å²) in [6.07, 6.45) is 2.95. The molecule has 1 fully saturated rings. The lowest BCUT2D eigenvalue weighted by Crippen LogP contribution is -2.45. The SMILES string of the molecule is CNCCC1CCN(C(=O)C(C)Oc2cccc(C(C)(C)C)c2)CC1.Cl. The minimum absolute atomic E-state index is 0. The Bertz CT molecular complexity index is 563. The van der Waals surface area contributed by atoms with Gasteiger partial charge in [0.25, 0.3) is 5.91 Å². The van der Waals surface area contributed by atoms with Crippen LogP contribution in [-0.2, 0) is 10.2 Å². The molecule has 1 amide bonds. The second-order valence-electron chi connectivity index (χ2n) is 8.20. The fraction of sp³-hybridized carbons (Fsp3) is 0.667. The molecule has 1 unspecified atom stereocenters. The molecule has 1 aliphatic rings. The lowest BCUT2D eigenvalue weighted by atomic mass is 9.87. The Morgan fingerprint density at radius 2 is 1.96 bits per heavy atom. The van der Waals surface area contributed by atoms with Crippen LogP contribution in [0.2, 0.25) is 0 Å². The average molecular weight is 383 g/mol. The van der Waals surface area contributed by atoms with E-state index in [1.165, 1.54) is 12.0 Å². The van der Waals surface area contributed by atoms with Gasteiger partial charge in [-0.05, 0) is 68.8 Å². The molecule has 0 bridgehead atoms. The highest BCUT2D eigenvalue weighted by molar-refractivity contribution is 5.85. The Kier molecular flexibility index (Phi) is 8.91. The number of hydrogen-bond acceptors (Lipinski definition) is 3. The van der Waals surface area contributed by atoms with Gasteiger partial charge in [-0.25, -0.2) is 0 Å². The van der Waals surface area contributed by atoms with Gasteiger partial charge in [-0.1, -0.05) is 32.9 Å². The fourth-order valence-corrected chi connectivity index (χ4v) is 3.34. The smallest absolute Gasteiger partial charge is 0.263 e. The molecule has 0 aromatic heterocycles. The third kappa shape index (κ3) is 6.48. The van der Waals surface area contributed by atoms with Crippen molar-refractivity contribution >= 4 is 18.3 Å². The highest BCUT2D eigenvalue weighted by Gasteiger charge is 2.27. The standard InChI is InChI=1S/C21H34N2O2.ClH/c1-16(25-19-8-6-7-18(15-19)21(2,3)4)20(24)23-13-10-17(11-14-23)9-12-22-5;/h6-8,15-17,22H,9-14H2,1-5H3;1H. The number of carbonyl (C=O) groups excluding carboxylic acids is 1. The third-order valence-corrected chi connectivity index (χ3v) is 5.09. The fourth-order valence-electron chi connectivity index (χ4n) is 3.34. The van der Waals surface area contributed by atoms with Crippen molar-refractivity contribution in [2.45, 2.75) is 58.5 Å². The zero-order valence-electron chi connectivity index (χ0n) is 16.9. The van der Waals surface area contributed by atoms with Crippen LogP contribution >= 0.6 is 12.4 Å². The van der Waals surface area contributed by atoms with Crippen LogP contribution in [0.15, 0.2) is 24.3 Å². The van der Waals surface area contributed by atoms with Crippen LogP contribution < -0.4 is 10.1 Å². The molecule has 1 aromatic rings. The van der Waals surface area contributed by atoms with Gasteiger partial charge >= 0.3 is 0 Å². The molecule has 148 valence electrons. The van der Waals surface area contributed by atoms with Crippen LogP contribution in [0, 0.1) is 5.92 Å². The molecule has 0 saturated carbocycles. The molecular formula is C21H35ClN2O2. The largest absolute Gasteiger partial charge is 0.481 e. The van der Waals surface area contributed by atoms with Gasteiger partial charge in [0.15, 0.2) is 6.10 Å². The summed E-state index contributed by atoms with van der Waals surface area (Å²) in [5.74, 6) is 1.61. The quantitative estimate of drug-likeness (QED) is 0.807. The summed E-state index contributed by atoms with van der Waals surface area (Å²) in [4.78, 5) is 14.7. The Hall–Kier alpha value is -1.26. The highest BCUT2D eigenvalue weighted by Crippen LogP contribution is 2.26. The lowest BCUT2D eigenvalue weighted by Gasteiger charge is -2.33. The van der Waals surface area contributed by atoms with Crippen LogP contribution in [-0.4, -0.2) is 43.6 Å². The van der Waals surface area contributed by atoms with E-state index in [9.17, 15) is 4.79 Å². The first-order valence-electron chi connectivity index (χ1n) is 9.52. The monoisotopic (exact) mass is 382 g/mol. The maximum absolute atomic E-state index is 12.7. The van der Waals surface area contributed by atoms with Crippen molar-refractivity contribution in [2.24, 2.45) is 5.92 Å². The molecule has 26 heavy (non-hydrogen) atoms. The zero-order valence-corrected chi connectivity index (χ0v) is 17.7. The van der Waals surface area contributed by atoms with Crippen molar-refractivity contribution < 1.29 is 9.53 Å². The van der Waals surface area contributed by atoms with E-state index in [4.69, 9.17) is 4.74 Å². The molecule has 1 aromatic carbocycles. The molecule has 4 nitrogen and oxygen atoms in total. The number of nitrogens with zero attached hydrogens (tertiary/aromatic N) is 1. The Balaban J connectivity index is 0.00000338. The second-order valence-corrected chi connectivity index (χ2v) is 8.20. The van der Waals surface area contributed by atoms with Gasteiger partial charge in [0.1, 0.15) is 5.75 Å². The number of carbonyl (C=O) groups is 1. The number of piperidine rings is 1. The number of rotatable bonds is 6. The van der Waals surface area contributed by atoms with Gasteiger partial charge in [-0.3, -0.25) is 4.79 Å². The number of hydrogen-bond donors (Lipinski definition) is 1. The molecule has 1 aliphatic heterocycles. The zero-order chi connectivity index (χ0) is 18.4. The van der Waals surface area contributed by atoms with Gasteiger partial charge in [-0.15, -0.1) is 12.4 Å². The van der Waals surface area contributed by atoms with Crippen LogP contribution in [0.5, 0.6) is 5.75 Å². The Labute approximate surface area is 165 Å². The summed E-state index contributed by atoms with van der Waals surface area (Å²) in [6.45, 7) is 11.2. The van der Waals surface area contributed by atoms with E-state index in [1.807, 2.05) is 37.1 Å². The molecule has 0 spiro atoms. The van der Waals surface area contributed by atoms with E-state index in [1.54, 1.807) is 0 Å². The highest BCUT2D eigenvalue weighted by atomic mass is 35.5. The maximum atomic E-state index is 12.7. The second kappa shape index (κ2) is 10.2. The Morgan fingerprint density at radius 1 is 1.31 bits per heavy atom. The number of halogens is 1. The van der Waals surface area contributed by atoms with Crippen molar-refractivity contribution in [1.29, 1.82) is 0 Å². The molecule has 5 heteroatoms. The maximum Gasteiger partial charge on any atom is 0.263 e. The van der Waals surface area contributed by atoms with Crippen LogP contribution in [0.1, 0.15) is 52.5 Å². The number of amides is 1. The minimum atomic E-state index is -0.441. The van der Waals surface area contributed by atoms with E-state index in [2.05, 4.69) is 32.2 Å². The summed E-state index contributed by atoms with van der Waals surface area (Å²) in [6, 6.07) is 8.09. The van der Waals surface area contributed by atoms with E-state index in [0.717, 1.165) is 44.1 Å². The predicted octanol–water partition coefficient (Wildman–Crippen LogP) is 4.02. The van der Waals surface area contributed by atoms with Crippen molar-refractivity contribution in [3.05, 3.63) is 29.8 Å². The number of ether oxygens (including phenoxy) is 1. The van der Waals surface area contributed by atoms with E-state index < -0.39 is 6.10 Å². The van der Waals surface area contributed by atoms with Crippen molar-refractivity contribution in [1.82, 2.24) is 10.2 Å². The van der Waals surface area contributed by atoms with Crippen LogP contribution in [0.3, 0.4) is 0 Å². The van der Waals surface area contributed by atoms with Gasteiger partial charge < -0.3 is 15.0 Å². The summed E-state index contributed by atoms with van der Waals surface area (Å²) < 4.78 is 5.96. The first-order chi connectivity index (χ1) is 11.8. The summed E-state index contributed by atoms with van der Waals surface area (Å²) >= 11 is 0. The molecule has 0 aliphatic carbocycles. The number of nitrogens with one attached hydrogen (secondary N) is 1. The normalized spacial score (nSPS) is 16.7. The number of benzene rings is 1. The summed E-state index contributed by atoms with van der Waals surface area (Å²) in [5.41, 5.74) is 1.29. The average Bonchev–Trinajstić information content (AvgIpc) is 2.59. The number of likely N-dealkylation sites (tertiary alicyclic amines) is 1. The van der Waals surface area contributed by atoms with E-state index >= 15 is 0 Å². The molecule has 1 heterocycles. The van der Waals surface area contributed by atoms with Gasteiger partial charge in [0.05, 0.1) is 0 Å².